The smallest absolute Gasteiger partial charge is 0.234 e. The molecule has 104 valence electrons. The van der Waals surface area contributed by atoms with E-state index in [2.05, 4.69) is 5.32 Å². The van der Waals surface area contributed by atoms with Gasteiger partial charge < -0.3 is 10.4 Å². The number of rotatable bonds is 4. The van der Waals surface area contributed by atoms with E-state index in [1.165, 1.54) is 30.0 Å². The minimum Gasteiger partial charge on any atom is -0.508 e. The Hall–Kier alpha value is -1.72. The van der Waals surface area contributed by atoms with Gasteiger partial charge in [-0.05, 0) is 36.4 Å². The summed E-state index contributed by atoms with van der Waals surface area (Å²) in [5.41, 5.74) is 0.443. The zero-order chi connectivity index (χ0) is 14.5. The number of nitrogens with one attached hydrogen (secondary N) is 1. The summed E-state index contributed by atoms with van der Waals surface area (Å²) in [5, 5.41) is 11.9. The van der Waals surface area contributed by atoms with Crippen molar-refractivity contribution in [3.05, 3.63) is 53.3 Å². The molecule has 2 N–H and O–H groups in total. The fourth-order valence-electron chi connectivity index (χ4n) is 1.49. The van der Waals surface area contributed by atoms with Gasteiger partial charge in [-0.1, -0.05) is 17.7 Å². The van der Waals surface area contributed by atoms with Crippen LogP contribution in [0.2, 0.25) is 5.02 Å². The lowest BCUT2D eigenvalue weighted by molar-refractivity contribution is -0.113. The summed E-state index contributed by atoms with van der Waals surface area (Å²) < 4.78 is 13.0. The van der Waals surface area contributed by atoms with Gasteiger partial charge in [0, 0.05) is 10.6 Å². The number of aromatic hydroxyl groups is 1. The first-order chi connectivity index (χ1) is 9.54. The summed E-state index contributed by atoms with van der Waals surface area (Å²) in [6, 6.07) is 10.6. The number of halogens is 2. The number of hydrogen-bond donors (Lipinski definition) is 2. The summed E-state index contributed by atoms with van der Waals surface area (Å²) in [6.07, 6.45) is 0. The molecule has 0 unspecified atom stereocenters. The van der Waals surface area contributed by atoms with Crippen molar-refractivity contribution >= 4 is 35.0 Å². The van der Waals surface area contributed by atoms with Crippen molar-refractivity contribution in [3.63, 3.8) is 0 Å². The Labute approximate surface area is 124 Å². The number of amides is 1. The average molecular weight is 312 g/mol. The van der Waals surface area contributed by atoms with Gasteiger partial charge in [-0.15, -0.1) is 11.8 Å². The topological polar surface area (TPSA) is 49.3 Å². The van der Waals surface area contributed by atoms with Crippen LogP contribution in [0.25, 0.3) is 0 Å². The van der Waals surface area contributed by atoms with Crippen LogP contribution in [-0.4, -0.2) is 16.8 Å². The van der Waals surface area contributed by atoms with Crippen LogP contribution in [0.4, 0.5) is 10.1 Å². The SMILES string of the molecule is O=C(CSc1cccc(O)c1)Nc1ccc(F)c(Cl)c1. The normalized spacial score (nSPS) is 10.3. The third-order valence-corrected chi connectivity index (χ3v) is 3.67. The van der Waals surface area contributed by atoms with Crippen molar-refractivity contribution < 1.29 is 14.3 Å². The first kappa shape index (κ1) is 14.7. The average Bonchev–Trinajstić information content (AvgIpc) is 2.41. The van der Waals surface area contributed by atoms with E-state index in [9.17, 15) is 14.3 Å². The second kappa shape index (κ2) is 6.63. The van der Waals surface area contributed by atoms with E-state index >= 15 is 0 Å². The molecular weight excluding hydrogens is 301 g/mol. The molecule has 20 heavy (non-hydrogen) atoms. The summed E-state index contributed by atoms with van der Waals surface area (Å²) in [7, 11) is 0. The van der Waals surface area contributed by atoms with Gasteiger partial charge in [-0.25, -0.2) is 4.39 Å². The van der Waals surface area contributed by atoms with Gasteiger partial charge in [0.05, 0.1) is 10.8 Å². The number of carbonyl (C=O) groups excluding carboxylic acids is 1. The van der Waals surface area contributed by atoms with Crippen molar-refractivity contribution in [3.8, 4) is 5.75 Å². The zero-order valence-electron chi connectivity index (χ0n) is 10.3. The molecule has 0 radical (unpaired) electrons. The highest BCUT2D eigenvalue weighted by Crippen LogP contribution is 2.23. The summed E-state index contributed by atoms with van der Waals surface area (Å²) >= 11 is 6.92. The molecule has 0 aromatic heterocycles. The molecule has 0 aliphatic rings. The molecule has 3 nitrogen and oxygen atoms in total. The number of thioether (sulfide) groups is 1. The monoisotopic (exact) mass is 311 g/mol. The van der Waals surface area contributed by atoms with Gasteiger partial charge in [0.15, 0.2) is 0 Å². The van der Waals surface area contributed by atoms with E-state index in [0.29, 0.717) is 5.69 Å². The van der Waals surface area contributed by atoms with Crippen LogP contribution in [0.15, 0.2) is 47.4 Å². The molecule has 1 amide bonds. The van der Waals surface area contributed by atoms with Gasteiger partial charge in [0.25, 0.3) is 0 Å². The number of anilines is 1. The van der Waals surface area contributed by atoms with Crippen molar-refractivity contribution in [2.45, 2.75) is 4.90 Å². The Morgan fingerprint density at radius 3 is 2.80 bits per heavy atom. The number of phenolic OH excluding ortho intramolecular Hbond substituents is 1. The predicted molar refractivity (Wildman–Crippen MR) is 78.9 cm³/mol. The number of benzene rings is 2. The first-order valence-electron chi connectivity index (χ1n) is 5.71. The van der Waals surface area contributed by atoms with Crippen molar-refractivity contribution in [2.24, 2.45) is 0 Å². The fourth-order valence-corrected chi connectivity index (χ4v) is 2.42. The second-order valence-corrected chi connectivity index (χ2v) is 5.42. The lowest BCUT2D eigenvalue weighted by atomic mass is 10.3. The van der Waals surface area contributed by atoms with E-state index < -0.39 is 5.82 Å². The third kappa shape index (κ3) is 4.15. The van der Waals surface area contributed by atoms with Crippen molar-refractivity contribution in [1.82, 2.24) is 0 Å². The molecule has 2 aromatic rings. The maximum Gasteiger partial charge on any atom is 0.234 e. The van der Waals surface area contributed by atoms with Gasteiger partial charge in [-0.2, -0.15) is 0 Å². The van der Waals surface area contributed by atoms with Crippen LogP contribution >= 0.6 is 23.4 Å². The Kier molecular flexibility index (Phi) is 4.87. The van der Waals surface area contributed by atoms with Gasteiger partial charge >= 0.3 is 0 Å². The van der Waals surface area contributed by atoms with Crippen LogP contribution in [0.1, 0.15) is 0 Å². The maximum atomic E-state index is 13.0. The molecule has 0 saturated carbocycles. The minimum absolute atomic E-state index is 0.0385. The minimum atomic E-state index is -0.529. The quantitative estimate of drug-likeness (QED) is 0.842. The standard InChI is InChI=1S/C14H11ClFNO2S/c15-12-6-9(4-5-13(12)16)17-14(19)8-20-11-3-1-2-10(18)7-11/h1-7,18H,8H2,(H,17,19). The van der Waals surface area contributed by atoms with Gasteiger partial charge in [0.2, 0.25) is 5.91 Å². The van der Waals surface area contributed by atoms with E-state index in [4.69, 9.17) is 11.6 Å². The predicted octanol–water partition coefficient (Wildman–Crippen LogP) is 3.92. The lowest BCUT2D eigenvalue weighted by Gasteiger charge is -2.06. The highest BCUT2D eigenvalue weighted by molar-refractivity contribution is 8.00. The Morgan fingerprint density at radius 2 is 2.10 bits per heavy atom. The molecule has 0 aliphatic heterocycles. The second-order valence-electron chi connectivity index (χ2n) is 3.96. The van der Waals surface area contributed by atoms with Gasteiger partial charge in [0.1, 0.15) is 11.6 Å². The molecule has 0 aliphatic carbocycles. The van der Waals surface area contributed by atoms with E-state index in [1.807, 2.05) is 0 Å². The number of carbonyl (C=O) groups is 1. The van der Waals surface area contributed by atoms with Crippen molar-refractivity contribution in [2.75, 3.05) is 11.1 Å². The summed E-state index contributed by atoms with van der Waals surface area (Å²) in [5.74, 6) is -0.432. The number of phenols is 1. The maximum absolute atomic E-state index is 13.0. The van der Waals surface area contributed by atoms with Crippen LogP contribution in [-0.2, 0) is 4.79 Å². The summed E-state index contributed by atoms with van der Waals surface area (Å²) in [4.78, 5) is 12.5. The van der Waals surface area contributed by atoms with Crippen LogP contribution < -0.4 is 5.32 Å². The van der Waals surface area contributed by atoms with Crippen molar-refractivity contribution in [1.29, 1.82) is 0 Å². The highest BCUT2D eigenvalue weighted by Gasteiger charge is 2.06. The van der Waals surface area contributed by atoms with Gasteiger partial charge in [-0.3, -0.25) is 4.79 Å². The van der Waals surface area contributed by atoms with E-state index in [-0.39, 0.29) is 22.4 Å². The molecule has 2 rings (SSSR count). The van der Waals surface area contributed by atoms with E-state index in [0.717, 1.165) is 4.90 Å². The molecule has 0 atom stereocenters. The molecule has 0 heterocycles. The molecule has 2 aromatic carbocycles. The Bertz CT molecular complexity index is 636. The number of hydrogen-bond acceptors (Lipinski definition) is 3. The lowest BCUT2D eigenvalue weighted by Crippen LogP contribution is -2.13. The van der Waals surface area contributed by atoms with Crippen LogP contribution in [0.5, 0.6) is 5.75 Å². The molecule has 0 saturated heterocycles. The first-order valence-corrected chi connectivity index (χ1v) is 7.08. The molecule has 0 fully saturated rings. The van der Waals surface area contributed by atoms with E-state index in [1.54, 1.807) is 24.3 Å². The third-order valence-electron chi connectivity index (χ3n) is 2.39. The Morgan fingerprint density at radius 1 is 1.30 bits per heavy atom. The fraction of sp³-hybridized carbons (Fsp3) is 0.0714. The highest BCUT2D eigenvalue weighted by atomic mass is 35.5. The van der Waals surface area contributed by atoms with Crippen LogP contribution in [0, 0.1) is 5.82 Å². The molecule has 6 heteroatoms. The largest absolute Gasteiger partial charge is 0.508 e. The molecular formula is C14H11ClFNO2S. The molecule has 0 spiro atoms. The molecule has 0 bridgehead atoms. The Balaban J connectivity index is 1.91. The zero-order valence-corrected chi connectivity index (χ0v) is 11.8. The van der Waals surface area contributed by atoms with Crippen LogP contribution in [0.3, 0.4) is 0 Å². The summed E-state index contributed by atoms with van der Waals surface area (Å²) in [6.45, 7) is 0.